The van der Waals surface area contributed by atoms with Gasteiger partial charge in [-0.15, -0.1) is 0 Å². The SMILES string of the molecule is CCCc1nccn1C(C)C(C)CNC1CC1. The van der Waals surface area contributed by atoms with Gasteiger partial charge in [-0.05, 0) is 38.6 Å². The fourth-order valence-corrected chi connectivity index (χ4v) is 2.22. The molecule has 3 nitrogen and oxygen atoms in total. The Morgan fingerprint density at radius 2 is 2.24 bits per heavy atom. The van der Waals surface area contributed by atoms with E-state index in [1.165, 1.54) is 25.1 Å². The van der Waals surface area contributed by atoms with E-state index in [0.717, 1.165) is 19.0 Å². The summed E-state index contributed by atoms with van der Waals surface area (Å²) in [6.07, 6.45) is 9.05. The average Bonchev–Trinajstić information content (AvgIpc) is 3.05. The van der Waals surface area contributed by atoms with E-state index in [-0.39, 0.29) is 0 Å². The van der Waals surface area contributed by atoms with Crippen LogP contribution in [0, 0.1) is 5.92 Å². The van der Waals surface area contributed by atoms with E-state index < -0.39 is 0 Å². The van der Waals surface area contributed by atoms with Crippen LogP contribution in [0.15, 0.2) is 12.4 Å². The first-order valence-electron chi connectivity index (χ1n) is 6.97. The summed E-state index contributed by atoms with van der Waals surface area (Å²) in [6, 6.07) is 1.34. The Hall–Kier alpha value is -0.830. The number of aromatic nitrogens is 2. The monoisotopic (exact) mass is 235 g/mol. The largest absolute Gasteiger partial charge is 0.332 e. The van der Waals surface area contributed by atoms with Gasteiger partial charge >= 0.3 is 0 Å². The van der Waals surface area contributed by atoms with Crippen molar-refractivity contribution in [1.82, 2.24) is 14.9 Å². The second-order valence-electron chi connectivity index (χ2n) is 5.40. The number of rotatable bonds is 7. The molecule has 0 aromatic carbocycles. The van der Waals surface area contributed by atoms with Gasteiger partial charge < -0.3 is 9.88 Å². The molecule has 0 aliphatic heterocycles. The third-order valence-corrected chi connectivity index (χ3v) is 3.79. The normalized spacial score (nSPS) is 19.2. The lowest BCUT2D eigenvalue weighted by Gasteiger charge is -2.23. The van der Waals surface area contributed by atoms with Crippen LogP contribution in [0.1, 0.15) is 51.9 Å². The summed E-state index contributed by atoms with van der Waals surface area (Å²) in [4.78, 5) is 4.46. The molecule has 1 aliphatic carbocycles. The molecule has 0 bridgehead atoms. The number of hydrogen-bond donors (Lipinski definition) is 1. The highest BCUT2D eigenvalue weighted by molar-refractivity contribution is 4.96. The first-order chi connectivity index (χ1) is 8.22. The van der Waals surface area contributed by atoms with Crippen molar-refractivity contribution >= 4 is 0 Å². The molecule has 0 radical (unpaired) electrons. The standard InChI is InChI=1S/C14H25N3/c1-4-5-14-15-8-9-17(14)12(3)11(2)10-16-13-6-7-13/h8-9,11-13,16H,4-7,10H2,1-3H3. The topological polar surface area (TPSA) is 29.9 Å². The van der Waals surface area contributed by atoms with E-state index in [4.69, 9.17) is 0 Å². The molecular formula is C14H25N3. The maximum absolute atomic E-state index is 4.46. The second kappa shape index (κ2) is 5.67. The van der Waals surface area contributed by atoms with Gasteiger partial charge in [0.1, 0.15) is 5.82 Å². The van der Waals surface area contributed by atoms with Crippen molar-refractivity contribution in [2.75, 3.05) is 6.54 Å². The molecule has 1 aromatic heterocycles. The molecule has 0 saturated heterocycles. The first-order valence-corrected chi connectivity index (χ1v) is 6.97. The van der Waals surface area contributed by atoms with Crippen LogP contribution in [0.4, 0.5) is 0 Å². The Morgan fingerprint density at radius 1 is 1.47 bits per heavy atom. The second-order valence-corrected chi connectivity index (χ2v) is 5.40. The van der Waals surface area contributed by atoms with E-state index in [1.54, 1.807) is 0 Å². The molecule has 96 valence electrons. The molecular weight excluding hydrogens is 210 g/mol. The number of aryl methyl sites for hydroxylation is 1. The molecule has 2 rings (SSSR count). The molecule has 2 unspecified atom stereocenters. The smallest absolute Gasteiger partial charge is 0.108 e. The van der Waals surface area contributed by atoms with Crippen molar-refractivity contribution < 1.29 is 0 Å². The summed E-state index contributed by atoms with van der Waals surface area (Å²) in [5.74, 6) is 1.89. The summed E-state index contributed by atoms with van der Waals surface area (Å²) in [5.41, 5.74) is 0. The van der Waals surface area contributed by atoms with Gasteiger partial charge in [-0.2, -0.15) is 0 Å². The van der Waals surface area contributed by atoms with Crippen LogP contribution in [0.3, 0.4) is 0 Å². The fourth-order valence-electron chi connectivity index (χ4n) is 2.22. The first kappa shape index (κ1) is 12.6. The maximum Gasteiger partial charge on any atom is 0.108 e. The molecule has 1 saturated carbocycles. The zero-order valence-electron chi connectivity index (χ0n) is 11.3. The zero-order chi connectivity index (χ0) is 12.3. The molecule has 1 fully saturated rings. The van der Waals surface area contributed by atoms with Crippen molar-refractivity contribution in [1.29, 1.82) is 0 Å². The Kier molecular flexibility index (Phi) is 4.21. The quantitative estimate of drug-likeness (QED) is 0.787. The van der Waals surface area contributed by atoms with Crippen molar-refractivity contribution in [3.8, 4) is 0 Å². The van der Waals surface area contributed by atoms with Gasteiger partial charge in [0.2, 0.25) is 0 Å². The van der Waals surface area contributed by atoms with Gasteiger partial charge in [-0.25, -0.2) is 4.98 Å². The van der Waals surface area contributed by atoms with Crippen LogP contribution >= 0.6 is 0 Å². The maximum atomic E-state index is 4.46. The highest BCUT2D eigenvalue weighted by atomic mass is 15.1. The third kappa shape index (κ3) is 3.32. The minimum absolute atomic E-state index is 0.533. The molecule has 0 spiro atoms. The molecule has 3 heteroatoms. The highest BCUT2D eigenvalue weighted by Gasteiger charge is 2.23. The van der Waals surface area contributed by atoms with Gasteiger partial charge in [0.15, 0.2) is 0 Å². The van der Waals surface area contributed by atoms with E-state index in [2.05, 4.69) is 41.8 Å². The molecule has 1 aromatic rings. The van der Waals surface area contributed by atoms with Crippen molar-refractivity contribution in [2.45, 2.75) is 58.5 Å². The third-order valence-electron chi connectivity index (χ3n) is 3.79. The van der Waals surface area contributed by atoms with Gasteiger partial charge in [0.25, 0.3) is 0 Å². The van der Waals surface area contributed by atoms with E-state index in [9.17, 15) is 0 Å². The van der Waals surface area contributed by atoms with E-state index >= 15 is 0 Å². The summed E-state index contributed by atoms with van der Waals surface area (Å²) < 4.78 is 2.35. The van der Waals surface area contributed by atoms with Gasteiger partial charge in [-0.3, -0.25) is 0 Å². The van der Waals surface area contributed by atoms with Crippen molar-refractivity contribution in [2.24, 2.45) is 5.92 Å². The lowest BCUT2D eigenvalue weighted by Crippen LogP contribution is -2.28. The highest BCUT2D eigenvalue weighted by Crippen LogP contribution is 2.22. The zero-order valence-corrected chi connectivity index (χ0v) is 11.3. The predicted octanol–water partition coefficient (Wildman–Crippen LogP) is 2.78. The van der Waals surface area contributed by atoms with Gasteiger partial charge in [0.05, 0.1) is 0 Å². The van der Waals surface area contributed by atoms with Crippen LogP contribution in [0.25, 0.3) is 0 Å². The predicted molar refractivity (Wildman–Crippen MR) is 71.1 cm³/mol. The van der Waals surface area contributed by atoms with Crippen molar-refractivity contribution in [3.63, 3.8) is 0 Å². The van der Waals surface area contributed by atoms with Crippen LogP contribution in [-0.2, 0) is 6.42 Å². The molecule has 1 heterocycles. The molecule has 17 heavy (non-hydrogen) atoms. The summed E-state index contributed by atoms with van der Waals surface area (Å²) >= 11 is 0. The number of hydrogen-bond acceptors (Lipinski definition) is 2. The van der Waals surface area contributed by atoms with Crippen molar-refractivity contribution in [3.05, 3.63) is 18.2 Å². The van der Waals surface area contributed by atoms with Gasteiger partial charge in [0, 0.05) is 30.9 Å². The Morgan fingerprint density at radius 3 is 2.88 bits per heavy atom. The average molecular weight is 235 g/mol. The minimum Gasteiger partial charge on any atom is -0.332 e. The van der Waals surface area contributed by atoms with Crippen LogP contribution < -0.4 is 5.32 Å². The van der Waals surface area contributed by atoms with Crippen LogP contribution in [0.2, 0.25) is 0 Å². The number of imidazole rings is 1. The molecule has 0 amide bonds. The Labute approximate surface area is 105 Å². The Balaban J connectivity index is 1.91. The minimum atomic E-state index is 0.533. The molecule has 1 N–H and O–H groups in total. The Bertz CT molecular complexity index is 341. The summed E-state index contributed by atoms with van der Waals surface area (Å²) in [6.45, 7) is 7.97. The summed E-state index contributed by atoms with van der Waals surface area (Å²) in [5, 5.41) is 3.62. The van der Waals surface area contributed by atoms with Crippen LogP contribution in [-0.4, -0.2) is 22.1 Å². The lowest BCUT2D eigenvalue weighted by molar-refractivity contribution is 0.352. The fraction of sp³-hybridized carbons (Fsp3) is 0.786. The molecule has 1 aliphatic rings. The van der Waals surface area contributed by atoms with E-state index in [1.807, 2.05) is 6.20 Å². The van der Waals surface area contributed by atoms with Gasteiger partial charge in [-0.1, -0.05) is 13.8 Å². The van der Waals surface area contributed by atoms with E-state index in [0.29, 0.717) is 12.0 Å². The lowest BCUT2D eigenvalue weighted by atomic mass is 10.0. The molecule has 2 atom stereocenters. The number of nitrogens with zero attached hydrogens (tertiary/aromatic N) is 2. The summed E-state index contributed by atoms with van der Waals surface area (Å²) in [7, 11) is 0. The van der Waals surface area contributed by atoms with Crippen LogP contribution in [0.5, 0.6) is 0 Å². The number of nitrogens with one attached hydrogen (secondary N) is 1.